The van der Waals surface area contributed by atoms with Crippen molar-refractivity contribution in [3.05, 3.63) is 312 Å². The maximum absolute atomic E-state index is 11.9. The zero-order valence-electron chi connectivity index (χ0n) is 64.2. The number of carbonyl (C=O) groups is 4. The van der Waals surface area contributed by atoms with Gasteiger partial charge in [-0.2, -0.15) is 0 Å². The Bertz CT molecular complexity index is 5230. The number of hydrogen-bond donors (Lipinski definition) is 4. The molecule has 0 bridgehead atoms. The predicted octanol–water partition coefficient (Wildman–Crippen LogP) is 17.3. The van der Waals surface area contributed by atoms with Crippen molar-refractivity contribution in [1.82, 2.24) is 24.2 Å². The van der Waals surface area contributed by atoms with Crippen molar-refractivity contribution in [3.63, 3.8) is 0 Å². The predicted molar refractivity (Wildman–Crippen MR) is 452 cm³/mol. The largest absolute Gasteiger partial charge is 0.481 e. The summed E-state index contributed by atoms with van der Waals surface area (Å²) in [5, 5.41) is 39.8. The van der Waals surface area contributed by atoms with Crippen LogP contribution in [0.2, 0.25) is 0 Å². The van der Waals surface area contributed by atoms with Gasteiger partial charge in [-0.1, -0.05) is 194 Å². The van der Waals surface area contributed by atoms with Crippen LogP contribution < -0.4 is 19.6 Å². The molecule has 4 N–H and O–H groups in total. The number of aliphatic imine (C=N–C) groups is 4. The van der Waals surface area contributed by atoms with E-state index in [1.54, 1.807) is 0 Å². The van der Waals surface area contributed by atoms with Crippen molar-refractivity contribution in [3.8, 4) is 0 Å². The summed E-state index contributed by atoms with van der Waals surface area (Å²) >= 11 is 0. The van der Waals surface area contributed by atoms with E-state index >= 15 is 0 Å². The Morgan fingerprint density at radius 1 is 0.360 bits per heavy atom. The number of aromatic nitrogens is 1. The van der Waals surface area contributed by atoms with Gasteiger partial charge in [0.15, 0.2) is 0 Å². The molecule has 0 amide bonds. The summed E-state index contributed by atoms with van der Waals surface area (Å²) in [6.07, 6.45) is 2.16. The zero-order valence-corrected chi connectivity index (χ0v) is 64.2. The van der Waals surface area contributed by atoms with Gasteiger partial charge in [0.1, 0.15) is 11.7 Å². The third kappa shape index (κ3) is 16.9. The van der Waals surface area contributed by atoms with E-state index in [1.165, 1.54) is 22.2 Å². The number of piperidine rings is 1. The van der Waals surface area contributed by atoms with Gasteiger partial charge in [-0.05, 0) is 137 Å². The third-order valence-electron chi connectivity index (χ3n) is 22.2. The van der Waals surface area contributed by atoms with E-state index in [-0.39, 0.29) is 49.9 Å². The lowest BCUT2D eigenvalue weighted by atomic mass is 9.89. The van der Waals surface area contributed by atoms with Crippen molar-refractivity contribution in [2.75, 3.05) is 79.5 Å². The highest BCUT2D eigenvalue weighted by molar-refractivity contribution is 6.13. The first-order valence-electron chi connectivity index (χ1n) is 39.0. The van der Waals surface area contributed by atoms with Gasteiger partial charge in [-0.3, -0.25) is 19.2 Å². The summed E-state index contributed by atoms with van der Waals surface area (Å²) < 4.78 is 2.38. The average Bonchev–Trinajstić information content (AvgIpc) is 1.09. The molecule has 578 valence electrons. The van der Waals surface area contributed by atoms with Crippen LogP contribution in [0.5, 0.6) is 0 Å². The zero-order chi connectivity index (χ0) is 78.8. The molecule has 21 heteroatoms. The van der Waals surface area contributed by atoms with Gasteiger partial charge in [0.05, 0.1) is 79.1 Å². The molecule has 7 aliphatic heterocycles. The van der Waals surface area contributed by atoms with E-state index in [0.717, 1.165) is 169 Å². The number of nitrogens with zero attached hydrogens (tertiary/aromatic N) is 13. The second-order valence-corrected chi connectivity index (χ2v) is 29.7. The normalized spacial score (nSPS) is 18.5. The smallest absolute Gasteiger partial charge is 0.305 e. The van der Waals surface area contributed by atoms with Crippen molar-refractivity contribution in [1.29, 1.82) is 0 Å². The maximum atomic E-state index is 11.9. The Kier molecular flexibility index (Phi) is 23.3. The molecule has 0 saturated carbocycles. The van der Waals surface area contributed by atoms with Gasteiger partial charge in [-0.15, -0.1) is 0 Å². The number of carboxylic acid groups (broad SMARTS) is 4. The summed E-state index contributed by atoms with van der Waals surface area (Å²) in [7, 11) is 4.27. The van der Waals surface area contributed by atoms with Crippen LogP contribution in [-0.2, 0) is 32.3 Å². The molecule has 4 atom stereocenters. The van der Waals surface area contributed by atoms with Crippen LogP contribution in [0.25, 0.3) is 10.9 Å². The number of hydrogen-bond acceptors (Lipinski definition) is 16. The monoisotopic (exact) mass is 1520 g/mol. The molecule has 10 aromatic carbocycles. The molecule has 11 aromatic rings. The molecule has 0 aliphatic carbocycles. The van der Waals surface area contributed by atoms with Gasteiger partial charge in [0.25, 0.3) is 0 Å². The maximum Gasteiger partial charge on any atom is 0.305 e. The molecule has 114 heavy (non-hydrogen) atoms. The number of anilines is 4. The molecule has 2 saturated heterocycles. The van der Waals surface area contributed by atoms with E-state index in [4.69, 9.17) is 20.0 Å². The van der Waals surface area contributed by atoms with Gasteiger partial charge in [0, 0.05) is 107 Å². The van der Waals surface area contributed by atoms with Crippen LogP contribution in [0, 0.1) is 12.8 Å². The highest BCUT2D eigenvalue weighted by Crippen LogP contribution is 2.46. The molecule has 7 aliphatic rings. The van der Waals surface area contributed by atoms with Gasteiger partial charge in [-0.25, -0.2) is 20.0 Å². The highest BCUT2D eigenvalue weighted by Gasteiger charge is 2.41. The van der Waals surface area contributed by atoms with E-state index in [1.807, 2.05) is 254 Å². The fraction of sp³-hybridized carbons (Fsp3) is 0.247. The van der Waals surface area contributed by atoms with Crippen LogP contribution >= 0.6 is 0 Å². The fourth-order valence-electron chi connectivity index (χ4n) is 16.6. The van der Waals surface area contributed by atoms with Crippen LogP contribution in [0.3, 0.4) is 0 Å². The number of carboxylic acids is 4. The summed E-state index contributed by atoms with van der Waals surface area (Å²) in [5.74, 6) is 0.519. The lowest BCUT2D eigenvalue weighted by molar-refractivity contribution is -0.138. The van der Waals surface area contributed by atoms with Crippen LogP contribution in [0.15, 0.2) is 293 Å². The number of rotatable bonds is 14. The Morgan fingerprint density at radius 2 is 0.719 bits per heavy atom. The van der Waals surface area contributed by atoms with Crippen molar-refractivity contribution >= 4 is 104 Å². The molecule has 0 spiro atoms. The van der Waals surface area contributed by atoms with Gasteiger partial charge < -0.3 is 64.2 Å². The second kappa shape index (κ2) is 34.7. The standard InChI is InChI=1S/C27H24N4O2.C23H20N2O2.C22H25N3O2.C21H24N4O2/c32-26(33)17-25-22-11-5-6-12-23(22)28-27(31(25)20-9-2-1-3-10-20)29-14-15-30-21(18-29)16-19-8-4-7-13-24(19)30;1-16-11-13-17(14-12-16)23-24-20-10-6-5-9-19(20)21(15-22(26)27)25(23)18-7-3-2-4-8-18;1-24-13-11-16(12-14-24)22-23-19-10-6-5-9-18(19)20(15-21(26)27)25(22)17-7-3-2-4-8-17;1-23-11-13-24(14-12-23)21-22-18-10-6-5-9-17(18)19(15-20(26)27)25(21)16-7-3-2-4-8-16/h1-13,16,25H,14-15,17-18H2,(H,32,33);2-14,21H,15H2,1H3,(H,26,27);2-10,16,20H,11-15H2,1H3,(H,26,27);2-10,19H,11-15H2,1H3,(H,26,27). The molecule has 0 radical (unpaired) electrons. The summed E-state index contributed by atoms with van der Waals surface area (Å²) in [5.41, 5.74) is 15.8. The fourth-order valence-corrected chi connectivity index (χ4v) is 16.6. The molecule has 1 aromatic heterocycles. The number of aliphatic carboxylic acids is 4. The van der Waals surface area contributed by atoms with Crippen LogP contribution in [0.4, 0.5) is 45.5 Å². The Labute approximate surface area is 664 Å². The molecular weight excluding hydrogens is 1430 g/mol. The lowest BCUT2D eigenvalue weighted by Crippen LogP contribution is -2.54. The first-order chi connectivity index (χ1) is 55.6. The number of amidine groups is 2. The number of aryl methyl sites for hydroxylation is 1. The van der Waals surface area contributed by atoms with Gasteiger partial charge >= 0.3 is 23.9 Å². The van der Waals surface area contributed by atoms with Gasteiger partial charge in [0.2, 0.25) is 11.9 Å². The number of para-hydroxylation sites is 9. The van der Waals surface area contributed by atoms with E-state index in [2.05, 4.69) is 83.3 Å². The molecule has 4 unspecified atom stereocenters. The minimum atomic E-state index is -0.833. The lowest BCUT2D eigenvalue weighted by Gasteiger charge is -2.44. The highest BCUT2D eigenvalue weighted by atomic mass is 16.4. The number of benzene rings is 10. The Balaban J connectivity index is 0.000000120. The summed E-state index contributed by atoms with van der Waals surface area (Å²) in [4.78, 5) is 84.6. The number of guanidine groups is 2. The molecule has 8 heterocycles. The van der Waals surface area contributed by atoms with E-state index in [9.17, 15) is 39.6 Å². The van der Waals surface area contributed by atoms with E-state index < -0.39 is 23.9 Å². The van der Waals surface area contributed by atoms with Crippen LogP contribution in [-0.4, -0.2) is 152 Å². The Morgan fingerprint density at radius 3 is 1.18 bits per heavy atom. The SMILES string of the molecule is CN1CCC(C2=Nc3ccccc3C(CC(=O)O)N2c2ccccc2)CC1.CN1CCN(C2=Nc3ccccc3C(CC(=O)O)N2c2ccccc2)CC1.Cc1ccc(C2=Nc3ccccc3C(CC(=O)O)N2c2ccccc2)cc1.O=C(O)CC1c2ccccc2N=C(N2CCn3c(cc4ccccc43)C2)N1c1ccccc1. The minimum Gasteiger partial charge on any atom is -0.481 e. The van der Waals surface area contributed by atoms with Crippen molar-refractivity contribution in [2.45, 2.75) is 82.7 Å². The number of fused-ring (bicyclic) bond motifs is 7. The topological polar surface area (TPSA) is 229 Å². The first kappa shape index (κ1) is 76.4. The molecule has 21 nitrogen and oxygen atoms in total. The number of likely N-dealkylation sites (N-methyl/N-ethyl adjacent to an activating group) is 1. The van der Waals surface area contributed by atoms with Crippen molar-refractivity contribution < 1.29 is 39.6 Å². The van der Waals surface area contributed by atoms with E-state index in [0.29, 0.717) is 5.92 Å². The van der Waals surface area contributed by atoms with Crippen molar-refractivity contribution in [2.24, 2.45) is 25.9 Å². The molecule has 18 rings (SSSR count). The number of likely N-dealkylation sites (tertiary alicyclic amines) is 1. The minimum absolute atomic E-state index is 0.000962. The second-order valence-electron chi connectivity index (χ2n) is 29.7. The average molecular weight is 1520 g/mol. The third-order valence-corrected chi connectivity index (χ3v) is 22.2. The number of piperazine rings is 1. The summed E-state index contributed by atoms with van der Waals surface area (Å²) in [6, 6.07) is 89.1. The summed E-state index contributed by atoms with van der Waals surface area (Å²) in [6.45, 7) is 10.2. The quantitative estimate of drug-likeness (QED) is 0.0793. The van der Waals surface area contributed by atoms with Crippen LogP contribution in [0.1, 0.15) is 102 Å². The molecule has 2 fully saturated rings. The molecular formula is C93H93N13O8. The Hall–Kier alpha value is -13.0. The first-order valence-corrected chi connectivity index (χ1v) is 39.0.